The highest BCUT2D eigenvalue weighted by atomic mass is 32.2. The van der Waals surface area contributed by atoms with Crippen LogP contribution in [0.5, 0.6) is 0 Å². The van der Waals surface area contributed by atoms with Crippen LogP contribution in [0.4, 0.5) is 22.7 Å². The Bertz CT molecular complexity index is 1960. The van der Waals surface area contributed by atoms with Crippen LogP contribution < -0.4 is 49.9 Å². The van der Waals surface area contributed by atoms with Gasteiger partial charge in [0.1, 0.15) is 0 Å². The molecule has 15 heteroatoms. The van der Waals surface area contributed by atoms with Gasteiger partial charge in [-0.05, 0) is 110 Å². The fraction of sp³-hybridized carbons (Fsp3) is 0.532. The van der Waals surface area contributed by atoms with Crippen molar-refractivity contribution in [1.82, 2.24) is 0 Å². The summed E-state index contributed by atoms with van der Waals surface area (Å²) in [5, 5.41) is 12.4. The summed E-state index contributed by atoms with van der Waals surface area (Å²) >= 11 is 2.89. The van der Waals surface area contributed by atoms with E-state index in [1.165, 1.54) is 23.5 Å². The van der Waals surface area contributed by atoms with Crippen molar-refractivity contribution < 1.29 is 19.2 Å². The molecule has 0 bridgehead atoms. The zero-order valence-electron chi connectivity index (χ0n) is 38.0. The lowest BCUT2D eigenvalue weighted by Gasteiger charge is -2.25. The second-order valence-corrected chi connectivity index (χ2v) is 19.9. The van der Waals surface area contributed by atoms with E-state index in [2.05, 4.69) is 69.7 Å². The summed E-state index contributed by atoms with van der Waals surface area (Å²) in [7, 11) is 0. The number of thioether (sulfide) groups is 2. The van der Waals surface area contributed by atoms with Crippen LogP contribution in [0.1, 0.15) is 132 Å². The number of hydrogen-bond donors (Lipinski definition) is 9. The third-order valence-corrected chi connectivity index (χ3v) is 12.7. The Balaban J connectivity index is 2.03. The first kappa shape index (κ1) is 52.4. The number of amides is 4. The van der Waals surface area contributed by atoms with Crippen LogP contribution in [-0.4, -0.2) is 67.4 Å². The average Bonchev–Trinajstić information content (AvgIpc) is 3.21. The molecule has 0 saturated carbocycles. The zero-order chi connectivity index (χ0) is 46.0. The first-order valence-electron chi connectivity index (χ1n) is 21.9. The number of benzene rings is 3. The topological polar surface area (TPSA) is 247 Å². The van der Waals surface area contributed by atoms with Gasteiger partial charge in [-0.3, -0.25) is 19.2 Å². The van der Waals surface area contributed by atoms with Crippen LogP contribution in [0, 0.1) is 5.92 Å². The molecule has 62 heavy (non-hydrogen) atoms. The van der Waals surface area contributed by atoms with Crippen molar-refractivity contribution in [2.45, 2.75) is 126 Å². The normalized spacial score (nSPS) is 12.7. The van der Waals surface area contributed by atoms with E-state index >= 15 is 0 Å². The Hall–Kier alpha value is -3.96. The minimum Gasteiger partial charge on any atom is -0.330 e. The van der Waals surface area contributed by atoms with Gasteiger partial charge in [0, 0.05) is 41.6 Å². The number of rotatable bonds is 24. The predicted molar refractivity (Wildman–Crippen MR) is 262 cm³/mol. The molecule has 14 N–H and O–H groups in total. The second-order valence-electron chi connectivity index (χ2n) is 17.7. The Morgan fingerprint density at radius 3 is 1.39 bits per heavy atom. The minimum absolute atomic E-state index is 0.0606. The number of carbonyl (C=O) groups is 4. The Morgan fingerprint density at radius 2 is 0.984 bits per heavy atom. The maximum Gasteiger partial charge on any atom is 0.255 e. The van der Waals surface area contributed by atoms with Gasteiger partial charge in [-0.1, -0.05) is 73.8 Å². The molecule has 13 nitrogen and oxygen atoms in total. The van der Waals surface area contributed by atoms with Gasteiger partial charge in [0.15, 0.2) is 0 Å². The second kappa shape index (κ2) is 25.4. The maximum absolute atomic E-state index is 14.2. The fourth-order valence-electron chi connectivity index (χ4n) is 6.71. The number of nitrogens with one attached hydrogen (secondary N) is 4. The van der Waals surface area contributed by atoms with Crippen LogP contribution in [-0.2, 0) is 20.4 Å². The highest BCUT2D eigenvalue weighted by molar-refractivity contribution is 7.99. The molecular formula is C47H73N9O4S2. The van der Waals surface area contributed by atoms with Gasteiger partial charge in [-0.15, -0.1) is 23.5 Å². The van der Waals surface area contributed by atoms with Crippen LogP contribution in [0.3, 0.4) is 0 Å². The van der Waals surface area contributed by atoms with Gasteiger partial charge >= 0.3 is 0 Å². The monoisotopic (exact) mass is 892 g/mol. The van der Waals surface area contributed by atoms with Gasteiger partial charge in [0.05, 0.1) is 38.6 Å². The van der Waals surface area contributed by atoms with Gasteiger partial charge in [0.2, 0.25) is 11.8 Å². The highest BCUT2D eigenvalue weighted by Gasteiger charge is 2.26. The summed E-state index contributed by atoms with van der Waals surface area (Å²) in [6.07, 6.45) is 6.09. The van der Waals surface area contributed by atoms with E-state index in [0.717, 1.165) is 56.1 Å². The maximum atomic E-state index is 14.2. The van der Waals surface area contributed by atoms with E-state index < -0.39 is 17.9 Å². The van der Waals surface area contributed by atoms with Gasteiger partial charge < -0.3 is 49.9 Å². The van der Waals surface area contributed by atoms with Crippen LogP contribution in [0.2, 0.25) is 0 Å². The van der Waals surface area contributed by atoms with Gasteiger partial charge in [-0.25, -0.2) is 0 Å². The first-order chi connectivity index (χ1) is 29.4. The Kier molecular flexibility index (Phi) is 21.4. The zero-order valence-corrected chi connectivity index (χ0v) is 39.6. The minimum atomic E-state index is -0.731. The van der Waals surface area contributed by atoms with Crippen molar-refractivity contribution in [3.8, 4) is 0 Å². The number of unbranched alkanes of at least 4 members (excludes halogenated alkanes) is 2. The van der Waals surface area contributed by atoms with E-state index in [4.69, 9.17) is 28.7 Å². The molecule has 0 saturated heterocycles. The lowest BCUT2D eigenvalue weighted by molar-refractivity contribution is -0.120. The van der Waals surface area contributed by atoms with Crippen molar-refractivity contribution in [2.24, 2.45) is 34.6 Å². The molecule has 0 aliphatic rings. The van der Waals surface area contributed by atoms with E-state index in [-0.39, 0.29) is 39.7 Å². The van der Waals surface area contributed by atoms with Crippen molar-refractivity contribution in [3.05, 3.63) is 70.8 Å². The van der Waals surface area contributed by atoms with E-state index in [9.17, 15) is 19.2 Å². The number of hydrogen-bond acceptors (Lipinski definition) is 11. The summed E-state index contributed by atoms with van der Waals surface area (Å²) < 4.78 is 0. The smallest absolute Gasteiger partial charge is 0.255 e. The molecule has 3 aromatic carbocycles. The lowest BCUT2D eigenvalue weighted by atomic mass is 9.86. The van der Waals surface area contributed by atoms with Gasteiger partial charge in [-0.2, -0.15) is 0 Å². The lowest BCUT2D eigenvalue weighted by Crippen LogP contribution is -2.36. The molecule has 0 radical (unpaired) electrons. The predicted octanol–water partition coefficient (Wildman–Crippen LogP) is 7.77. The molecule has 0 fully saturated rings. The molecule has 3 rings (SSSR count). The van der Waals surface area contributed by atoms with E-state index in [1.54, 1.807) is 24.3 Å². The number of anilines is 4. The number of nitrogens with two attached hydrogens (primary N) is 5. The molecule has 2 atom stereocenters. The average molecular weight is 892 g/mol. The molecule has 0 aliphatic carbocycles. The van der Waals surface area contributed by atoms with Crippen molar-refractivity contribution >= 4 is 69.9 Å². The third-order valence-electron chi connectivity index (χ3n) is 10.4. The molecule has 2 unspecified atom stereocenters. The molecule has 342 valence electrons. The molecule has 0 aromatic heterocycles. The summed E-state index contributed by atoms with van der Waals surface area (Å²) in [5.74, 6) is -0.344. The van der Waals surface area contributed by atoms with Crippen molar-refractivity contribution in [1.29, 1.82) is 0 Å². The summed E-state index contributed by atoms with van der Waals surface area (Å²) in [4.78, 5) is 56.8. The summed E-state index contributed by atoms with van der Waals surface area (Å²) in [6, 6.07) is 13.5. The quantitative estimate of drug-likeness (QED) is 0.0311. The van der Waals surface area contributed by atoms with Crippen molar-refractivity contribution in [3.63, 3.8) is 0 Å². The van der Waals surface area contributed by atoms with Gasteiger partial charge in [0.25, 0.3) is 11.8 Å². The molecule has 0 aliphatic heterocycles. The third kappa shape index (κ3) is 16.0. The van der Waals surface area contributed by atoms with Crippen LogP contribution in [0.25, 0.3) is 0 Å². The fourth-order valence-corrected chi connectivity index (χ4v) is 8.41. The van der Waals surface area contributed by atoms with E-state index in [0.29, 0.717) is 76.6 Å². The van der Waals surface area contributed by atoms with E-state index in [1.807, 2.05) is 24.3 Å². The molecule has 3 aromatic rings. The Morgan fingerprint density at radius 1 is 0.565 bits per heavy atom. The highest BCUT2D eigenvalue weighted by Crippen LogP contribution is 2.41. The SMILES string of the molecule is CCCC(CCCCN)C(=O)Nc1cc(C(C)(C)C)cc(NC(=O)c2cccc(C(=O)Nc3cc(C(C)(C)C)cc(NC(=O)C(N)CCCCN)c3SCCN)c2)c1SCCN. The van der Waals surface area contributed by atoms with Crippen molar-refractivity contribution in [2.75, 3.05) is 59.0 Å². The van der Waals surface area contributed by atoms with Crippen LogP contribution in [0.15, 0.2) is 58.3 Å². The standard InChI is InChI=1S/C47H73N9O4S2/c1-8-14-30(15-9-11-19-48)42(57)53-36-26-33(46(2,3)4)27-37(40(36)61-23-21-50)54-43(58)31-16-13-17-32(25-31)44(59)55-38-28-34(47(5,6)7)29-39(41(38)62-24-22-51)56-45(60)35(52)18-10-12-20-49/h13,16-17,25-30,35H,8-12,14-15,18-24,48-52H2,1-7H3,(H,53,57)(H,54,58)(H,55,59)(H,56,60). The summed E-state index contributed by atoms with van der Waals surface area (Å²) in [6.45, 7) is 16.3. The molecular weight excluding hydrogens is 819 g/mol. The Labute approximate surface area is 378 Å². The van der Waals surface area contributed by atoms with Crippen LogP contribution >= 0.6 is 23.5 Å². The number of carbonyl (C=O) groups excluding carboxylic acids is 4. The molecule has 0 heterocycles. The first-order valence-corrected chi connectivity index (χ1v) is 23.9. The largest absolute Gasteiger partial charge is 0.330 e. The molecule has 4 amide bonds. The molecule has 0 spiro atoms. The summed E-state index contributed by atoms with van der Waals surface area (Å²) in [5.41, 5.74) is 33.4.